The number of nitrogens with one attached hydrogen (secondary N) is 1. The first-order chi connectivity index (χ1) is 14.3. The molecule has 0 aliphatic carbocycles. The number of ether oxygens (including phenoxy) is 2. The Morgan fingerprint density at radius 1 is 1.03 bits per heavy atom. The summed E-state index contributed by atoms with van der Waals surface area (Å²) in [5.74, 6) is -0.383. The topological polar surface area (TPSA) is 84.9 Å². The Labute approximate surface area is 177 Å². The molecule has 2 aromatic carbocycles. The van der Waals surface area contributed by atoms with Crippen LogP contribution in [0.3, 0.4) is 0 Å². The predicted molar refractivity (Wildman–Crippen MR) is 113 cm³/mol. The van der Waals surface area contributed by atoms with Gasteiger partial charge in [-0.3, -0.25) is 9.59 Å². The third-order valence-electron chi connectivity index (χ3n) is 4.35. The van der Waals surface area contributed by atoms with Crippen LogP contribution in [0.5, 0.6) is 5.75 Å². The summed E-state index contributed by atoms with van der Waals surface area (Å²) in [5.41, 5.74) is 2.61. The lowest BCUT2D eigenvalue weighted by molar-refractivity contribution is -0.130. The van der Waals surface area contributed by atoms with Gasteiger partial charge >= 0.3 is 5.97 Å². The van der Waals surface area contributed by atoms with E-state index >= 15 is 0 Å². The normalized spacial score (nSPS) is 10.2. The average Bonchev–Trinajstić information content (AvgIpc) is 2.74. The van der Waals surface area contributed by atoms with Gasteiger partial charge in [-0.25, -0.2) is 4.79 Å². The van der Waals surface area contributed by atoms with Gasteiger partial charge in [-0.15, -0.1) is 0 Å². The maximum absolute atomic E-state index is 12.2. The van der Waals surface area contributed by atoms with Gasteiger partial charge in [0.15, 0.2) is 6.61 Å². The minimum Gasteiger partial charge on any atom is -0.484 e. The van der Waals surface area contributed by atoms with E-state index in [1.54, 1.807) is 32.3 Å². The average molecular weight is 412 g/mol. The second-order valence-electron chi connectivity index (χ2n) is 7.08. The van der Waals surface area contributed by atoms with Crippen LogP contribution in [0.25, 0.3) is 0 Å². The number of esters is 1. The van der Waals surface area contributed by atoms with Crippen LogP contribution in [-0.2, 0) is 20.7 Å². The molecule has 0 saturated heterocycles. The summed E-state index contributed by atoms with van der Waals surface area (Å²) >= 11 is 0. The number of likely N-dealkylation sites (N-methyl/N-ethyl adjacent to an activating group) is 1. The molecule has 2 rings (SSSR count). The molecular weight excluding hydrogens is 384 g/mol. The van der Waals surface area contributed by atoms with Gasteiger partial charge in [0, 0.05) is 20.5 Å². The first-order valence-electron chi connectivity index (χ1n) is 9.77. The lowest BCUT2D eigenvalue weighted by atomic mass is 10.1. The highest BCUT2D eigenvalue weighted by atomic mass is 16.5. The van der Waals surface area contributed by atoms with Crippen molar-refractivity contribution >= 4 is 17.8 Å². The summed E-state index contributed by atoms with van der Waals surface area (Å²) in [6.45, 7) is 2.22. The summed E-state index contributed by atoms with van der Waals surface area (Å²) in [6.07, 6.45) is 1.04. The van der Waals surface area contributed by atoms with E-state index in [9.17, 15) is 14.4 Å². The maximum atomic E-state index is 12.2. The summed E-state index contributed by atoms with van der Waals surface area (Å²) < 4.78 is 10.6. The molecule has 2 aromatic rings. The zero-order valence-corrected chi connectivity index (χ0v) is 17.6. The lowest BCUT2D eigenvalue weighted by Crippen LogP contribution is -2.28. The van der Waals surface area contributed by atoms with Crippen molar-refractivity contribution in [2.75, 3.05) is 33.9 Å². The Bertz CT molecular complexity index is 862. The number of hydrogen-bond donors (Lipinski definition) is 1. The van der Waals surface area contributed by atoms with Crippen molar-refractivity contribution in [2.45, 2.75) is 19.8 Å². The molecule has 0 spiro atoms. The van der Waals surface area contributed by atoms with Gasteiger partial charge in [-0.1, -0.05) is 35.9 Å². The molecule has 0 aliphatic heterocycles. The van der Waals surface area contributed by atoms with Gasteiger partial charge in [0.1, 0.15) is 12.4 Å². The van der Waals surface area contributed by atoms with Gasteiger partial charge in [-0.05, 0) is 37.1 Å². The highest BCUT2D eigenvalue weighted by Gasteiger charge is 2.10. The molecule has 0 bridgehead atoms. The minimum atomic E-state index is -0.520. The molecule has 0 heterocycles. The van der Waals surface area contributed by atoms with Crippen LogP contribution in [0.1, 0.15) is 27.9 Å². The number of aryl methyl sites for hydroxylation is 2. The monoisotopic (exact) mass is 412 g/mol. The maximum Gasteiger partial charge on any atom is 0.338 e. The van der Waals surface area contributed by atoms with Gasteiger partial charge < -0.3 is 19.7 Å². The predicted octanol–water partition coefficient (Wildman–Crippen LogP) is 2.37. The molecular formula is C23H28N2O5. The van der Waals surface area contributed by atoms with E-state index in [2.05, 4.69) is 5.32 Å². The van der Waals surface area contributed by atoms with Crippen molar-refractivity contribution in [1.29, 1.82) is 0 Å². The third-order valence-corrected chi connectivity index (χ3v) is 4.35. The Hall–Kier alpha value is -3.35. The number of benzene rings is 2. The molecule has 0 aromatic heterocycles. The smallest absolute Gasteiger partial charge is 0.338 e. The number of hydrogen-bond acceptors (Lipinski definition) is 5. The number of carbonyl (C=O) groups excluding carboxylic acids is 3. The summed E-state index contributed by atoms with van der Waals surface area (Å²) in [7, 11) is 3.28. The van der Waals surface area contributed by atoms with E-state index in [1.165, 1.54) is 16.5 Å². The number of amides is 2. The molecule has 0 saturated carbocycles. The quantitative estimate of drug-likeness (QED) is 0.478. The summed E-state index contributed by atoms with van der Waals surface area (Å²) in [4.78, 5) is 37.1. The molecule has 0 aliphatic rings. The molecule has 7 heteroatoms. The highest BCUT2D eigenvalue weighted by Crippen LogP contribution is 2.14. The van der Waals surface area contributed by atoms with Crippen molar-refractivity contribution in [3.8, 4) is 5.75 Å². The van der Waals surface area contributed by atoms with Crippen LogP contribution in [0, 0.1) is 6.92 Å². The molecule has 2 amide bonds. The summed E-state index contributed by atoms with van der Waals surface area (Å²) in [5, 5.41) is 2.74. The van der Waals surface area contributed by atoms with E-state index in [-0.39, 0.29) is 31.6 Å². The van der Waals surface area contributed by atoms with Gasteiger partial charge in [0.25, 0.3) is 5.91 Å². The third kappa shape index (κ3) is 7.95. The van der Waals surface area contributed by atoms with Crippen LogP contribution in [0.2, 0.25) is 0 Å². The van der Waals surface area contributed by atoms with Gasteiger partial charge in [-0.2, -0.15) is 0 Å². The fraction of sp³-hybridized carbons (Fsp3) is 0.348. The van der Waals surface area contributed by atoms with Crippen molar-refractivity contribution < 1.29 is 23.9 Å². The highest BCUT2D eigenvalue weighted by molar-refractivity contribution is 5.90. The number of carbonyl (C=O) groups is 3. The molecule has 0 fully saturated rings. The standard InChI is InChI=1S/C23H28N2O5/c1-17-7-9-18(10-8-17)11-12-21(26)24-13-14-29-23(28)19-5-4-6-20(15-19)30-16-22(27)25(2)3/h4-10,15H,11-14,16H2,1-3H3,(H,24,26). The molecule has 30 heavy (non-hydrogen) atoms. The molecule has 0 unspecified atom stereocenters. The fourth-order valence-electron chi connectivity index (χ4n) is 2.51. The second kappa shape index (κ2) is 11.6. The largest absolute Gasteiger partial charge is 0.484 e. The SMILES string of the molecule is Cc1ccc(CCC(=O)NCCOC(=O)c2cccc(OCC(=O)N(C)C)c2)cc1. The Morgan fingerprint density at radius 2 is 1.77 bits per heavy atom. The van der Waals surface area contributed by atoms with E-state index in [0.717, 1.165) is 5.56 Å². The minimum absolute atomic E-state index is 0.0688. The zero-order valence-electron chi connectivity index (χ0n) is 17.6. The van der Waals surface area contributed by atoms with Crippen LogP contribution in [-0.4, -0.2) is 56.5 Å². The molecule has 0 atom stereocenters. The Balaban J connectivity index is 1.68. The summed E-state index contributed by atoms with van der Waals surface area (Å²) in [6, 6.07) is 14.5. The first kappa shape index (κ1) is 22.9. The van der Waals surface area contributed by atoms with Crippen molar-refractivity contribution in [3.05, 3.63) is 65.2 Å². The molecule has 7 nitrogen and oxygen atoms in total. The van der Waals surface area contributed by atoms with Crippen molar-refractivity contribution in [3.63, 3.8) is 0 Å². The second-order valence-corrected chi connectivity index (χ2v) is 7.08. The molecule has 1 N–H and O–H groups in total. The van der Waals surface area contributed by atoms with E-state index in [4.69, 9.17) is 9.47 Å². The number of rotatable bonds is 10. The van der Waals surface area contributed by atoms with Crippen LogP contribution >= 0.6 is 0 Å². The van der Waals surface area contributed by atoms with E-state index in [1.807, 2.05) is 31.2 Å². The molecule has 160 valence electrons. The van der Waals surface area contributed by atoms with Crippen LogP contribution < -0.4 is 10.1 Å². The zero-order chi connectivity index (χ0) is 21.9. The number of nitrogens with zero attached hydrogens (tertiary/aromatic N) is 1. The van der Waals surface area contributed by atoms with Crippen molar-refractivity contribution in [2.24, 2.45) is 0 Å². The van der Waals surface area contributed by atoms with Crippen LogP contribution in [0.15, 0.2) is 48.5 Å². The lowest BCUT2D eigenvalue weighted by Gasteiger charge is -2.12. The van der Waals surface area contributed by atoms with Crippen molar-refractivity contribution in [1.82, 2.24) is 10.2 Å². The Kier molecular flexibility index (Phi) is 8.87. The Morgan fingerprint density at radius 3 is 2.47 bits per heavy atom. The van der Waals surface area contributed by atoms with Crippen LogP contribution in [0.4, 0.5) is 0 Å². The van der Waals surface area contributed by atoms with E-state index in [0.29, 0.717) is 24.2 Å². The molecule has 0 radical (unpaired) electrons. The first-order valence-corrected chi connectivity index (χ1v) is 9.77. The van der Waals surface area contributed by atoms with Gasteiger partial charge in [0.05, 0.1) is 12.1 Å². The fourth-order valence-corrected chi connectivity index (χ4v) is 2.51. The van der Waals surface area contributed by atoms with E-state index < -0.39 is 5.97 Å². The van der Waals surface area contributed by atoms with Gasteiger partial charge in [0.2, 0.25) is 5.91 Å².